The van der Waals surface area contributed by atoms with Gasteiger partial charge in [-0.3, -0.25) is 29.8 Å². The number of hydrogen-bond acceptors (Lipinski definition) is 18. The van der Waals surface area contributed by atoms with Crippen LogP contribution in [0.1, 0.15) is 15.7 Å². The minimum Gasteiger partial charge on any atom is -0.871 e. The number of non-ortho nitro benzene ring substituents is 2. The summed E-state index contributed by atoms with van der Waals surface area (Å²) in [6, 6.07) is 14.8. The molecule has 0 atom stereocenters. The van der Waals surface area contributed by atoms with Crippen molar-refractivity contribution in [3.63, 3.8) is 0 Å². The van der Waals surface area contributed by atoms with E-state index >= 15 is 0 Å². The van der Waals surface area contributed by atoms with Crippen molar-refractivity contribution in [2.75, 3.05) is 0 Å². The normalized spacial score (nSPS) is 11.6. The number of aromatic nitrogens is 4. The molecule has 0 fully saturated rings. The Kier molecular flexibility index (Phi) is 13.3. The maximum absolute atomic E-state index is 12.5. The summed E-state index contributed by atoms with van der Waals surface area (Å²) in [4.78, 5) is 44.3. The smallest absolute Gasteiger partial charge is 0.871 e. The quantitative estimate of drug-likeness (QED) is 0.0825. The molecule has 24 nitrogen and oxygen atoms in total. The van der Waals surface area contributed by atoms with Gasteiger partial charge in [-0.2, -0.15) is 10.2 Å². The van der Waals surface area contributed by atoms with E-state index in [2.05, 4.69) is 30.7 Å². The zero-order chi connectivity index (χ0) is 42.7. The van der Waals surface area contributed by atoms with Crippen LogP contribution < -0.4 is 31.5 Å². The van der Waals surface area contributed by atoms with Crippen molar-refractivity contribution in [2.45, 2.75) is 23.6 Å². The fourth-order valence-corrected chi connectivity index (χ4v) is 5.63. The van der Waals surface area contributed by atoms with E-state index in [9.17, 15) is 66.0 Å². The summed E-state index contributed by atoms with van der Waals surface area (Å²) in [5, 5.41) is 67.8. The number of hydrogen-bond donors (Lipinski definition) is 0. The van der Waals surface area contributed by atoms with Gasteiger partial charge in [0.2, 0.25) is 0 Å². The largest absolute Gasteiger partial charge is 3.00 e. The molecule has 0 aliphatic heterocycles. The van der Waals surface area contributed by atoms with E-state index in [-0.39, 0.29) is 78.5 Å². The van der Waals surface area contributed by atoms with Gasteiger partial charge < -0.3 is 38.9 Å². The van der Waals surface area contributed by atoms with Crippen molar-refractivity contribution in [3.05, 3.63) is 137 Å². The third kappa shape index (κ3) is 10.2. The van der Waals surface area contributed by atoms with Crippen LogP contribution in [0.15, 0.2) is 125 Å². The Morgan fingerprint density at radius 1 is 0.576 bits per heavy atom. The molecule has 0 saturated heterocycles. The molecule has 0 bridgehead atoms. The summed E-state index contributed by atoms with van der Waals surface area (Å²) in [5.41, 5.74) is -2.58. The van der Waals surface area contributed by atoms with Crippen LogP contribution in [0, 0.1) is 34.1 Å². The van der Waals surface area contributed by atoms with E-state index in [0.29, 0.717) is 0 Å². The Labute approximate surface area is 344 Å². The molecule has 4 aromatic carbocycles. The summed E-state index contributed by atoms with van der Waals surface area (Å²) < 4.78 is 67.7. The first-order valence-electron chi connectivity index (χ1n) is 15.6. The number of nitro groups is 2. The van der Waals surface area contributed by atoms with Crippen molar-refractivity contribution < 1.29 is 67.6 Å². The SMILES string of the molecule is Cc1[n-]n(-c2ccc(S(=O)(=O)[O-])cc2)c(=O)c1N=Nc1cc([N+](=O)[O-])ccc1[O-].Cc1[n-]n(-c2ccc(S(=O)(=O)[O-])cc2)c(=O)c1N=Nc1cc([N+](=O)[O-])ccc1[O-].[Cr+3].[H+].[H+].[H+]. The molecule has 27 heteroatoms. The van der Waals surface area contributed by atoms with Crippen molar-refractivity contribution in [1.82, 2.24) is 19.6 Å². The standard InChI is InChI=1S/2C16H13N5O7S.Cr/c2*1-9-15(18-17-13-8-11(21(24)25)4-7-14(13)22)16(23)20(19-9)10-2-5-12(6-3-10)29(26,27)28;/h2*2-8H,1H3,(H3,17,18,19,22,23,26,27,28);/q;;+3/p-3. The fourth-order valence-electron chi connectivity index (χ4n) is 4.69. The van der Waals surface area contributed by atoms with Gasteiger partial charge in [0.05, 0.1) is 31.0 Å². The zero-order valence-electron chi connectivity index (χ0n) is 32.5. The summed E-state index contributed by atoms with van der Waals surface area (Å²) in [7, 11) is -9.27. The van der Waals surface area contributed by atoms with Crippen LogP contribution in [0.25, 0.3) is 11.4 Å². The van der Waals surface area contributed by atoms with Crippen LogP contribution in [-0.4, -0.2) is 45.2 Å². The molecule has 6 rings (SSSR count). The molecule has 0 N–H and O–H groups in total. The van der Waals surface area contributed by atoms with Crippen molar-refractivity contribution in [3.8, 4) is 22.9 Å². The molecule has 0 aliphatic carbocycles. The minimum atomic E-state index is -4.64. The summed E-state index contributed by atoms with van der Waals surface area (Å²) in [6.45, 7) is 2.91. The fraction of sp³-hybridized carbons (Fsp3) is 0.0625. The van der Waals surface area contributed by atoms with Gasteiger partial charge >= 0.3 is 21.6 Å². The van der Waals surface area contributed by atoms with E-state index in [1.165, 1.54) is 38.1 Å². The average Bonchev–Trinajstić information content (AvgIpc) is 3.61. The molecule has 2 heterocycles. The number of benzene rings is 4. The Hall–Kier alpha value is -7.15. The number of rotatable bonds is 10. The Balaban J connectivity index is 0.000000582. The van der Waals surface area contributed by atoms with Crippen LogP contribution in [0.5, 0.6) is 11.5 Å². The van der Waals surface area contributed by atoms with Gasteiger partial charge in [0.1, 0.15) is 31.6 Å². The molecule has 303 valence electrons. The third-order valence-electron chi connectivity index (χ3n) is 7.54. The molecule has 0 saturated carbocycles. The molecular formula is C32H23CrN10O14S2. The van der Waals surface area contributed by atoms with Gasteiger partial charge in [-0.05, 0) is 48.5 Å². The first kappa shape index (κ1) is 44.6. The molecule has 0 unspecified atom stereocenters. The maximum Gasteiger partial charge on any atom is 3.00 e. The number of nitro benzene ring substituents is 2. The van der Waals surface area contributed by atoms with Gasteiger partial charge in [0, 0.05) is 35.6 Å². The average molecular weight is 888 g/mol. The summed E-state index contributed by atoms with van der Waals surface area (Å²) in [6.07, 6.45) is 0. The predicted molar refractivity (Wildman–Crippen MR) is 193 cm³/mol. The molecule has 0 spiro atoms. The van der Waals surface area contributed by atoms with E-state index < -0.39 is 62.5 Å². The van der Waals surface area contributed by atoms with E-state index in [1.54, 1.807) is 0 Å². The summed E-state index contributed by atoms with van der Waals surface area (Å²) >= 11 is 0. The Bertz CT molecular complexity index is 2810. The topological polar surface area (TPSA) is 368 Å². The second-order valence-corrected chi connectivity index (χ2v) is 14.2. The van der Waals surface area contributed by atoms with Crippen molar-refractivity contribution in [1.29, 1.82) is 0 Å². The van der Waals surface area contributed by atoms with Gasteiger partial charge in [0.15, 0.2) is 0 Å². The van der Waals surface area contributed by atoms with Crippen LogP contribution in [0.4, 0.5) is 34.1 Å². The molecule has 0 amide bonds. The van der Waals surface area contributed by atoms with Crippen LogP contribution in [0.3, 0.4) is 0 Å². The number of nitrogens with zero attached hydrogens (tertiary/aromatic N) is 10. The number of aryl methyl sites for hydroxylation is 2. The molecule has 2 aromatic heterocycles. The first-order valence-corrected chi connectivity index (χ1v) is 18.4. The number of azo groups is 2. The van der Waals surface area contributed by atoms with E-state index in [0.717, 1.165) is 70.0 Å². The second-order valence-electron chi connectivity index (χ2n) is 11.4. The third-order valence-corrected chi connectivity index (χ3v) is 9.24. The maximum atomic E-state index is 12.5. The Morgan fingerprint density at radius 3 is 1.19 bits per heavy atom. The van der Waals surface area contributed by atoms with Gasteiger partial charge in [-0.25, -0.2) is 16.8 Å². The van der Waals surface area contributed by atoms with Gasteiger partial charge in [0.25, 0.3) is 22.5 Å². The van der Waals surface area contributed by atoms with E-state index in [4.69, 9.17) is 0 Å². The van der Waals surface area contributed by atoms with Crippen LogP contribution in [-0.2, 0) is 37.6 Å². The van der Waals surface area contributed by atoms with Gasteiger partial charge in [-0.15, -0.1) is 21.6 Å². The zero-order valence-corrected chi connectivity index (χ0v) is 32.4. The molecule has 0 aliphatic rings. The van der Waals surface area contributed by atoms with Crippen molar-refractivity contribution >= 4 is 54.4 Å². The monoisotopic (exact) mass is 887 g/mol. The first-order chi connectivity index (χ1) is 27.1. The Morgan fingerprint density at radius 2 is 0.898 bits per heavy atom. The minimum absolute atomic E-state index is 0. The van der Waals surface area contributed by atoms with Crippen LogP contribution >= 0.6 is 0 Å². The van der Waals surface area contributed by atoms with E-state index in [1.807, 2.05) is 0 Å². The van der Waals surface area contributed by atoms with Gasteiger partial charge in [-0.1, -0.05) is 37.5 Å². The molecule has 59 heavy (non-hydrogen) atoms. The summed E-state index contributed by atoms with van der Waals surface area (Å²) in [5.74, 6) is -1.24. The van der Waals surface area contributed by atoms with Crippen LogP contribution in [0.2, 0.25) is 0 Å². The molecule has 1 radical (unpaired) electrons. The predicted octanol–water partition coefficient (Wildman–Crippen LogP) is 3.14. The van der Waals surface area contributed by atoms with Crippen molar-refractivity contribution in [2.24, 2.45) is 20.5 Å². The molecule has 6 aromatic rings. The second kappa shape index (κ2) is 17.6. The molecular weight excluding hydrogens is 865 g/mol.